The average Bonchev–Trinajstić information content (AvgIpc) is 2.73. The van der Waals surface area contributed by atoms with E-state index in [1.54, 1.807) is 0 Å². The van der Waals surface area contributed by atoms with E-state index in [1.165, 1.54) is 0 Å². The fourth-order valence-electron chi connectivity index (χ4n) is 3.81. The Labute approximate surface area is 174 Å². The zero-order valence-electron chi connectivity index (χ0n) is 17.3. The lowest BCUT2D eigenvalue weighted by atomic mass is 10.0. The molecule has 3 nitrogen and oxygen atoms in total. The van der Waals surface area contributed by atoms with Crippen molar-refractivity contribution in [1.82, 2.24) is 5.09 Å². The monoisotopic (exact) mass is 407 g/mol. The third-order valence-electron chi connectivity index (χ3n) is 5.03. The van der Waals surface area contributed by atoms with Gasteiger partial charge in [0.05, 0.1) is 0 Å². The lowest BCUT2D eigenvalue weighted by Crippen LogP contribution is -2.36. The van der Waals surface area contributed by atoms with Crippen molar-refractivity contribution in [2.75, 3.05) is 0 Å². The number of aliphatic hydroxyl groups is 1. The van der Waals surface area contributed by atoms with Crippen LogP contribution >= 0.6 is 7.29 Å². The summed E-state index contributed by atoms with van der Waals surface area (Å²) in [4.78, 5) is 0. The summed E-state index contributed by atoms with van der Waals surface area (Å²) >= 11 is 0. The molecule has 0 saturated carbocycles. The highest BCUT2D eigenvalue weighted by Crippen LogP contribution is 2.42. The number of benzene rings is 3. The summed E-state index contributed by atoms with van der Waals surface area (Å²) in [6.45, 7) is 6.41. The number of nitrogens with one attached hydrogen (secondary N) is 1. The highest BCUT2D eigenvalue weighted by molar-refractivity contribution is 7.77. The van der Waals surface area contributed by atoms with Crippen LogP contribution in [0.5, 0.6) is 0 Å². The SMILES string of the molecule is CC(C)C[C@H](C)NP(=O)(c1ccccc1)c1ccccc1C(O)c1ccccc1. The largest absolute Gasteiger partial charge is 0.384 e. The summed E-state index contributed by atoms with van der Waals surface area (Å²) in [5.74, 6) is 0.492. The first-order valence-electron chi connectivity index (χ1n) is 10.2. The first-order valence-corrected chi connectivity index (χ1v) is 11.9. The molecule has 0 bridgehead atoms. The Morgan fingerprint density at radius 2 is 1.38 bits per heavy atom. The molecule has 0 aliphatic rings. The van der Waals surface area contributed by atoms with E-state index in [1.807, 2.05) is 84.9 Å². The third-order valence-corrected chi connectivity index (χ3v) is 7.95. The van der Waals surface area contributed by atoms with Crippen LogP contribution in [0.15, 0.2) is 84.9 Å². The van der Waals surface area contributed by atoms with Crippen LogP contribution in [-0.2, 0) is 4.57 Å². The Morgan fingerprint density at radius 1 is 0.828 bits per heavy atom. The molecule has 2 N–H and O–H groups in total. The van der Waals surface area contributed by atoms with Gasteiger partial charge in [0.15, 0.2) is 0 Å². The van der Waals surface area contributed by atoms with Gasteiger partial charge >= 0.3 is 0 Å². The van der Waals surface area contributed by atoms with Crippen molar-refractivity contribution in [3.63, 3.8) is 0 Å². The van der Waals surface area contributed by atoms with Gasteiger partial charge in [-0.15, -0.1) is 0 Å². The summed E-state index contributed by atoms with van der Waals surface area (Å²) in [7, 11) is -3.16. The van der Waals surface area contributed by atoms with Crippen molar-refractivity contribution in [3.05, 3.63) is 96.1 Å². The highest BCUT2D eigenvalue weighted by atomic mass is 31.2. The van der Waals surface area contributed by atoms with Crippen molar-refractivity contribution in [2.24, 2.45) is 5.92 Å². The summed E-state index contributed by atoms with van der Waals surface area (Å²) in [6, 6.07) is 26.7. The van der Waals surface area contributed by atoms with Crippen molar-refractivity contribution >= 4 is 17.9 Å². The molecule has 0 heterocycles. The molecule has 0 aliphatic carbocycles. The lowest BCUT2D eigenvalue weighted by Gasteiger charge is -2.28. The average molecular weight is 407 g/mol. The van der Waals surface area contributed by atoms with Gasteiger partial charge in [-0.05, 0) is 48.6 Å². The fraction of sp³-hybridized carbons (Fsp3) is 0.280. The minimum absolute atomic E-state index is 0.0722. The smallest absolute Gasteiger partial charge is 0.205 e. The zero-order valence-corrected chi connectivity index (χ0v) is 18.2. The standard InChI is InChI=1S/C25H30NO2P/c1-19(2)18-20(3)26-29(28,22-14-8-5-9-15-22)24-17-11-10-16-23(24)25(27)21-12-6-4-7-13-21/h4-17,19-20,25,27H,18H2,1-3H3,(H,26,28)/t20-,25?,29?/m0/s1. The van der Waals surface area contributed by atoms with Crippen LogP contribution in [0.1, 0.15) is 44.4 Å². The van der Waals surface area contributed by atoms with Crippen molar-refractivity contribution in [1.29, 1.82) is 0 Å². The topological polar surface area (TPSA) is 49.3 Å². The van der Waals surface area contributed by atoms with E-state index in [2.05, 4.69) is 25.9 Å². The van der Waals surface area contributed by atoms with Gasteiger partial charge in [-0.2, -0.15) is 0 Å². The quantitative estimate of drug-likeness (QED) is 0.516. The molecule has 2 unspecified atom stereocenters. The van der Waals surface area contributed by atoms with Crippen LogP contribution in [0, 0.1) is 5.92 Å². The van der Waals surface area contributed by atoms with Gasteiger partial charge in [0.1, 0.15) is 6.10 Å². The predicted molar refractivity (Wildman–Crippen MR) is 122 cm³/mol. The van der Waals surface area contributed by atoms with Gasteiger partial charge in [0, 0.05) is 16.7 Å². The van der Waals surface area contributed by atoms with Crippen molar-refractivity contribution in [2.45, 2.75) is 39.3 Å². The highest BCUT2D eigenvalue weighted by Gasteiger charge is 2.33. The second-order valence-electron chi connectivity index (χ2n) is 7.98. The molecule has 29 heavy (non-hydrogen) atoms. The van der Waals surface area contributed by atoms with Crippen LogP contribution in [0.4, 0.5) is 0 Å². The second-order valence-corrected chi connectivity index (χ2v) is 10.5. The van der Waals surface area contributed by atoms with Gasteiger partial charge < -0.3 is 5.11 Å². The first-order chi connectivity index (χ1) is 13.9. The molecule has 0 aromatic heterocycles. The number of rotatable bonds is 8. The van der Waals surface area contributed by atoms with Gasteiger partial charge in [-0.1, -0.05) is 80.6 Å². The molecule has 0 saturated heterocycles. The molecule has 0 aliphatic heterocycles. The molecular weight excluding hydrogens is 377 g/mol. The van der Waals surface area contributed by atoms with Gasteiger partial charge in [-0.25, -0.2) is 0 Å². The summed E-state index contributed by atoms with van der Waals surface area (Å²) < 4.78 is 14.5. The van der Waals surface area contributed by atoms with E-state index in [4.69, 9.17) is 0 Å². The van der Waals surface area contributed by atoms with E-state index in [9.17, 15) is 9.67 Å². The molecule has 3 atom stereocenters. The molecule has 3 rings (SSSR count). The molecule has 0 fully saturated rings. The van der Waals surface area contributed by atoms with Gasteiger partial charge in [0.25, 0.3) is 0 Å². The molecule has 0 spiro atoms. The van der Waals surface area contributed by atoms with E-state index < -0.39 is 13.4 Å². The maximum atomic E-state index is 14.5. The molecule has 4 heteroatoms. The summed E-state index contributed by atoms with van der Waals surface area (Å²) in [5.41, 5.74) is 1.46. The molecule has 152 valence electrons. The fourth-order valence-corrected chi connectivity index (χ4v) is 6.55. The Morgan fingerprint density at radius 3 is 2.00 bits per heavy atom. The van der Waals surface area contributed by atoms with Crippen LogP contribution in [0.2, 0.25) is 0 Å². The maximum absolute atomic E-state index is 14.5. The third kappa shape index (κ3) is 5.05. The predicted octanol–water partition coefficient (Wildman–Crippen LogP) is 5.02. The first kappa shape index (κ1) is 21.5. The number of hydrogen-bond donors (Lipinski definition) is 2. The Balaban J connectivity index is 2.11. The van der Waals surface area contributed by atoms with E-state index in [-0.39, 0.29) is 6.04 Å². The second kappa shape index (κ2) is 9.54. The van der Waals surface area contributed by atoms with Crippen LogP contribution < -0.4 is 15.7 Å². The van der Waals surface area contributed by atoms with E-state index in [0.29, 0.717) is 16.8 Å². The molecular formula is C25H30NO2P. The summed E-state index contributed by atoms with van der Waals surface area (Å²) in [6.07, 6.45) is 0.0758. The minimum atomic E-state index is -3.16. The normalized spacial score (nSPS) is 15.6. The maximum Gasteiger partial charge on any atom is 0.205 e. The Hall–Kier alpha value is -2.19. The molecule has 3 aromatic rings. The molecule has 3 aromatic carbocycles. The van der Waals surface area contributed by atoms with Crippen molar-refractivity contribution in [3.8, 4) is 0 Å². The Bertz CT molecular complexity index is 957. The zero-order chi connectivity index (χ0) is 20.9. The van der Waals surface area contributed by atoms with Gasteiger partial charge in [-0.3, -0.25) is 9.65 Å². The Kier molecular flexibility index (Phi) is 7.08. The van der Waals surface area contributed by atoms with Crippen LogP contribution in [-0.4, -0.2) is 11.1 Å². The number of hydrogen-bond acceptors (Lipinski definition) is 2. The number of aliphatic hydroxyl groups excluding tert-OH is 1. The van der Waals surface area contributed by atoms with Crippen LogP contribution in [0.25, 0.3) is 0 Å². The van der Waals surface area contributed by atoms with Crippen LogP contribution in [0.3, 0.4) is 0 Å². The lowest BCUT2D eigenvalue weighted by molar-refractivity contribution is 0.221. The van der Waals surface area contributed by atoms with Gasteiger partial charge in [0.2, 0.25) is 7.29 Å². The molecule has 0 amide bonds. The minimum Gasteiger partial charge on any atom is -0.384 e. The molecule has 0 radical (unpaired) electrons. The summed E-state index contributed by atoms with van der Waals surface area (Å²) in [5, 5.41) is 16.0. The van der Waals surface area contributed by atoms with E-state index >= 15 is 0 Å². The van der Waals surface area contributed by atoms with E-state index in [0.717, 1.165) is 17.3 Å². The van der Waals surface area contributed by atoms with Crippen molar-refractivity contribution < 1.29 is 9.67 Å².